The minimum absolute atomic E-state index is 0.306. The molecule has 4 heteroatoms. The average Bonchev–Trinajstić information content (AvgIpc) is 2.46. The summed E-state index contributed by atoms with van der Waals surface area (Å²) in [5.74, 6) is 0. The van der Waals surface area contributed by atoms with Crippen molar-refractivity contribution < 1.29 is 0 Å². The van der Waals surface area contributed by atoms with Gasteiger partial charge in [-0.15, -0.1) is 5.10 Å². The van der Waals surface area contributed by atoms with Crippen molar-refractivity contribution in [2.24, 2.45) is 0 Å². The minimum atomic E-state index is 0.306. The predicted octanol–water partition coefficient (Wildman–Crippen LogP) is 1.72. The molecular weight excluding hydrogens is 164 g/mol. The first-order valence-corrected chi connectivity index (χ1v) is 4.36. The molecule has 0 saturated heterocycles. The lowest BCUT2D eigenvalue weighted by molar-refractivity contribution is 0.526. The fourth-order valence-corrected chi connectivity index (χ4v) is 1.28. The highest BCUT2D eigenvalue weighted by Gasteiger charge is 2.07. The Labute approximate surface area is 76.6 Å². The first kappa shape index (κ1) is 8.16. The van der Waals surface area contributed by atoms with E-state index in [0.29, 0.717) is 6.04 Å². The molecule has 0 aliphatic carbocycles. The molecule has 68 valence electrons. The molecule has 0 N–H and O–H groups in total. The van der Waals surface area contributed by atoms with Gasteiger partial charge in [0.25, 0.3) is 0 Å². The SMILES string of the molecule is Cc1cnc2c(c1)nnn2C(C)C. The van der Waals surface area contributed by atoms with E-state index < -0.39 is 0 Å². The minimum Gasteiger partial charge on any atom is -0.235 e. The molecule has 0 amide bonds. The normalized spacial score (nSPS) is 11.4. The van der Waals surface area contributed by atoms with Gasteiger partial charge in [-0.3, -0.25) is 0 Å². The van der Waals surface area contributed by atoms with Crippen molar-refractivity contribution in [2.75, 3.05) is 0 Å². The Morgan fingerprint density at radius 1 is 1.38 bits per heavy atom. The van der Waals surface area contributed by atoms with Crippen LogP contribution in [0.2, 0.25) is 0 Å². The van der Waals surface area contributed by atoms with E-state index in [1.165, 1.54) is 0 Å². The number of fused-ring (bicyclic) bond motifs is 1. The first-order valence-electron chi connectivity index (χ1n) is 4.36. The van der Waals surface area contributed by atoms with Crippen LogP contribution in [-0.2, 0) is 0 Å². The molecule has 13 heavy (non-hydrogen) atoms. The molecular formula is C9H12N4. The highest BCUT2D eigenvalue weighted by atomic mass is 15.4. The van der Waals surface area contributed by atoms with Gasteiger partial charge in [0.2, 0.25) is 0 Å². The van der Waals surface area contributed by atoms with Crippen molar-refractivity contribution in [3.8, 4) is 0 Å². The standard InChI is InChI=1S/C9H12N4/c1-6(2)13-9-8(11-12-13)4-7(3)5-10-9/h4-6H,1-3H3. The van der Waals surface area contributed by atoms with E-state index in [9.17, 15) is 0 Å². The molecule has 0 fully saturated rings. The lowest BCUT2D eigenvalue weighted by Crippen LogP contribution is -2.03. The van der Waals surface area contributed by atoms with Crippen molar-refractivity contribution in [1.82, 2.24) is 20.0 Å². The maximum Gasteiger partial charge on any atom is 0.178 e. The van der Waals surface area contributed by atoms with Crippen molar-refractivity contribution >= 4 is 11.2 Å². The number of hydrogen-bond acceptors (Lipinski definition) is 3. The Hall–Kier alpha value is -1.45. The number of aromatic nitrogens is 4. The smallest absolute Gasteiger partial charge is 0.178 e. The highest BCUT2D eigenvalue weighted by molar-refractivity contribution is 5.69. The maximum absolute atomic E-state index is 4.30. The van der Waals surface area contributed by atoms with Gasteiger partial charge in [-0.05, 0) is 32.4 Å². The zero-order valence-electron chi connectivity index (χ0n) is 8.02. The fourth-order valence-electron chi connectivity index (χ4n) is 1.28. The topological polar surface area (TPSA) is 43.6 Å². The van der Waals surface area contributed by atoms with E-state index in [-0.39, 0.29) is 0 Å². The van der Waals surface area contributed by atoms with Crippen LogP contribution in [0.15, 0.2) is 12.3 Å². The zero-order chi connectivity index (χ0) is 9.42. The van der Waals surface area contributed by atoms with Crippen LogP contribution in [0.3, 0.4) is 0 Å². The molecule has 0 saturated carbocycles. The average molecular weight is 176 g/mol. The van der Waals surface area contributed by atoms with Gasteiger partial charge in [0, 0.05) is 6.20 Å². The maximum atomic E-state index is 4.30. The molecule has 0 unspecified atom stereocenters. The first-order chi connectivity index (χ1) is 6.18. The van der Waals surface area contributed by atoms with E-state index in [0.717, 1.165) is 16.7 Å². The third-order valence-corrected chi connectivity index (χ3v) is 1.94. The third-order valence-electron chi connectivity index (χ3n) is 1.94. The van der Waals surface area contributed by atoms with Crippen molar-refractivity contribution in [3.63, 3.8) is 0 Å². The third kappa shape index (κ3) is 1.28. The van der Waals surface area contributed by atoms with Gasteiger partial charge in [0.1, 0.15) is 5.52 Å². The van der Waals surface area contributed by atoms with Gasteiger partial charge in [0.05, 0.1) is 6.04 Å². The monoisotopic (exact) mass is 176 g/mol. The van der Waals surface area contributed by atoms with Gasteiger partial charge < -0.3 is 0 Å². The van der Waals surface area contributed by atoms with E-state index in [1.807, 2.05) is 23.9 Å². The van der Waals surface area contributed by atoms with Crippen molar-refractivity contribution in [2.45, 2.75) is 26.8 Å². The fraction of sp³-hybridized carbons (Fsp3) is 0.444. The summed E-state index contributed by atoms with van der Waals surface area (Å²) in [6.45, 7) is 6.13. The number of aryl methyl sites for hydroxylation is 1. The van der Waals surface area contributed by atoms with Crippen LogP contribution in [0.25, 0.3) is 11.2 Å². The number of hydrogen-bond donors (Lipinski definition) is 0. The van der Waals surface area contributed by atoms with Crippen LogP contribution in [-0.4, -0.2) is 20.0 Å². The molecule has 2 aromatic rings. The molecule has 2 aromatic heterocycles. The summed E-state index contributed by atoms with van der Waals surface area (Å²) in [5.41, 5.74) is 2.85. The van der Waals surface area contributed by atoms with E-state index in [4.69, 9.17) is 0 Å². The van der Waals surface area contributed by atoms with E-state index >= 15 is 0 Å². The predicted molar refractivity (Wildman–Crippen MR) is 50.4 cm³/mol. The second-order valence-corrected chi connectivity index (χ2v) is 3.48. The number of pyridine rings is 1. The summed E-state index contributed by atoms with van der Waals surface area (Å²) in [5, 5.41) is 8.09. The van der Waals surface area contributed by atoms with Gasteiger partial charge in [-0.2, -0.15) is 0 Å². The highest BCUT2D eigenvalue weighted by Crippen LogP contribution is 2.13. The van der Waals surface area contributed by atoms with Crippen LogP contribution in [0.4, 0.5) is 0 Å². The van der Waals surface area contributed by atoms with Crippen LogP contribution < -0.4 is 0 Å². The van der Waals surface area contributed by atoms with Crippen LogP contribution in [0.1, 0.15) is 25.5 Å². The quantitative estimate of drug-likeness (QED) is 0.664. The zero-order valence-corrected chi connectivity index (χ0v) is 8.02. The van der Waals surface area contributed by atoms with E-state index in [2.05, 4.69) is 29.1 Å². The Kier molecular flexibility index (Phi) is 1.76. The lowest BCUT2D eigenvalue weighted by Gasteiger charge is -2.03. The van der Waals surface area contributed by atoms with Gasteiger partial charge in [-0.25, -0.2) is 9.67 Å². The molecule has 4 nitrogen and oxygen atoms in total. The van der Waals surface area contributed by atoms with Gasteiger partial charge in [0.15, 0.2) is 5.65 Å². The molecule has 0 aliphatic heterocycles. The van der Waals surface area contributed by atoms with Crippen LogP contribution in [0, 0.1) is 6.92 Å². The summed E-state index contributed by atoms with van der Waals surface area (Å²) in [7, 11) is 0. The number of nitrogens with zero attached hydrogens (tertiary/aromatic N) is 4. The molecule has 0 radical (unpaired) electrons. The van der Waals surface area contributed by atoms with Crippen molar-refractivity contribution in [3.05, 3.63) is 17.8 Å². The molecule has 0 aromatic carbocycles. The van der Waals surface area contributed by atoms with Gasteiger partial charge >= 0.3 is 0 Å². The summed E-state index contributed by atoms with van der Waals surface area (Å²) in [4.78, 5) is 4.30. The summed E-state index contributed by atoms with van der Waals surface area (Å²) < 4.78 is 1.83. The second kappa shape index (κ2) is 2.80. The Morgan fingerprint density at radius 2 is 2.15 bits per heavy atom. The molecule has 0 aliphatic rings. The van der Waals surface area contributed by atoms with E-state index in [1.54, 1.807) is 0 Å². The second-order valence-electron chi connectivity index (χ2n) is 3.48. The Balaban J connectivity index is 2.69. The largest absolute Gasteiger partial charge is 0.235 e. The Morgan fingerprint density at radius 3 is 2.85 bits per heavy atom. The van der Waals surface area contributed by atoms with Crippen LogP contribution >= 0.6 is 0 Å². The summed E-state index contributed by atoms with van der Waals surface area (Å²) in [6.07, 6.45) is 1.84. The molecule has 0 bridgehead atoms. The molecule has 0 spiro atoms. The summed E-state index contributed by atoms with van der Waals surface area (Å²) >= 11 is 0. The Bertz CT molecular complexity index is 430. The number of rotatable bonds is 1. The van der Waals surface area contributed by atoms with Crippen LogP contribution in [0.5, 0.6) is 0 Å². The lowest BCUT2D eigenvalue weighted by atomic mass is 10.3. The molecule has 2 heterocycles. The molecule has 2 rings (SSSR count). The van der Waals surface area contributed by atoms with Crippen molar-refractivity contribution in [1.29, 1.82) is 0 Å². The van der Waals surface area contributed by atoms with Gasteiger partial charge in [-0.1, -0.05) is 5.21 Å². The summed E-state index contributed by atoms with van der Waals surface area (Å²) in [6, 6.07) is 2.30. The molecule has 0 atom stereocenters.